The van der Waals surface area contributed by atoms with Crippen molar-refractivity contribution in [1.29, 1.82) is 0 Å². The molecule has 0 aromatic rings. The van der Waals surface area contributed by atoms with Crippen LogP contribution in [0.1, 0.15) is 52.9 Å². The topological polar surface area (TPSA) is 41.5 Å². The van der Waals surface area contributed by atoms with Gasteiger partial charge in [0.1, 0.15) is 0 Å². The Bertz CT molecular complexity index is 316. The van der Waals surface area contributed by atoms with E-state index in [-0.39, 0.29) is 11.8 Å². The maximum absolute atomic E-state index is 11.5. The second kappa shape index (κ2) is 4.19. The second-order valence-corrected chi connectivity index (χ2v) is 6.28. The van der Waals surface area contributed by atoms with Gasteiger partial charge in [-0.25, -0.2) is 5.43 Å². The summed E-state index contributed by atoms with van der Waals surface area (Å²) in [6.07, 6.45) is 5.39. The van der Waals surface area contributed by atoms with E-state index >= 15 is 0 Å². The number of hydrogen-bond donors (Lipinski definition) is 1. The van der Waals surface area contributed by atoms with Crippen LogP contribution in [0.25, 0.3) is 0 Å². The van der Waals surface area contributed by atoms with Gasteiger partial charge in [-0.1, -0.05) is 20.8 Å². The zero-order chi connectivity index (χ0) is 11.8. The molecule has 16 heavy (non-hydrogen) atoms. The number of carbonyl (C=O) groups is 1. The Balaban J connectivity index is 1.92. The van der Waals surface area contributed by atoms with E-state index in [0.29, 0.717) is 11.3 Å². The van der Waals surface area contributed by atoms with Crippen molar-refractivity contribution in [1.82, 2.24) is 5.43 Å². The minimum atomic E-state index is 0.114. The van der Waals surface area contributed by atoms with Crippen LogP contribution in [0.2, 0.25) is 0 Å². The van der Waals surface area contributed by atoms with Gasteiger partial charge in [-0.15, -0.1) is 0 Å². The maximum atomic E-state index is 11.5. The molecule has 0 heterocycles. The van der Waals surface area contributed by atoms with Crippen molar-refractivity contribution in [2.75, 3.05) is 0 Å². The molecule has 3 nitrogen and oxygen atoms in total. The number of carbonyl (C=O) groups excluding carboxylic acids is 1. The van der Waals surface area contributed by atoms with Crippen molar-refractivity contribution < 1.29 is 4.79 Å². The van der Waals surface area contributed by atoms with Gasteiger partial charge in [0.05, 0.1) is 0 Å². The van der Waals surface area contributed by atoms with Crippen molar-refractivity contribution in [3.63, 3.8) is 0 Å². The lowest BCUT2D eigenvalue weighted by atomic mass is 9.72. The monoisotopic (exact) mass is 222 g/mol. The first-order chi connectivity index (χ1) is 7.46. The summed E-state index contributed by atoms with van der Waals surface area (Å²) in [6.45, 7) is 6.82. The summed E-state index contributed by atoms with van der Waals surface area (Å²) in [6, 6.07) is 0. The Morgan fingerprint density at radius 1 is 1.44 bits per heavy atom. The zero-order valence-corrected chi connectivity index (χ0v) is 10.5. The van der Waals surface area contributed by atoms with E-state index in [1.165, 1.54) is 6.42 Å². The van der Waals surface area contributed by atoms with Crippen LogP contribution in [0.3, 0.4) is 0 Å². The lowest BCUT2D eigenvalue weighted by Crippen LogP contribution is -2.30. The van der Waals surface area contributed by atoms with Crippen LogP contribution in [0.15, 0.2) is 5.10 Å². The lowest BCUT2D eigenvalue weighted by molar-refractivity contribution is -0.122. The number of hydrogen-bond acceptors (Lipinski definition) is 2. The van der Waals surface area contributed by atoms with E-state index in [4.69, 9.17) is 0 Å². The van der Waals surface area contributed by atoms with Gasteiger partial charge in [0.25, 0.3) is 0 Å². The molecule has 2 aliphatic rings. The SMILES string of the molecule is C[C@H]1C/C(=N\NC(=O)C2CC2)CC(C)(C)C1. The molecule has 2 fully saturated rings. The van der Waals surface area contributed by atoms with Gasteiger partial charge >= 0.3 is 0 Å². The Morgan fingerprint density at radius 3 is 2.69 bits per heavy atom. The molecule has 2 rings (SSSR count). The first-order valence-electron chi connectivity index (χ1n) is 6.31. The van der Waals surface area contributed by atoms with Crippen molar-refractivity contribution in [3.05, 3.63) is 0 Å². The molecule has 0 radical (unpaired) electrons. The van der Waals surface area contributed by atoms with Gasteiger partial charge in [0.2, 0.25) is 5.91 Å². The maximum Gasteiger partial charge on any atom is 0.243 e. The Morgan fingerprint density at radius 2 is 2.12 bits per heavy atom. The van der Waals surface area contributed by atoms with Crippen molar-refractivity contribution in [2.24, 2.45) is 22.4 Å². The summed E-state index contributed by atoms with van der Waals surface area (Å²) >= 11 is 0. The van der Waals surface area contributed by atoms with Crippen LogP contribution in [-0.2, 0) is 4.79 Å². The van der Waals surface area contributed by atoms with Crippen LogP contribution in [0.4, 0.5) is 0 Å². The molecule has 0 spiro atoms. The van der Waals surface area contributed by atoms with Gasteiger partial charge in [0, 0.05) is 11.6 Å². The molecule has 3 heteroatoms. The standard InChI is InChI=1S/C13H22N2O/c1-9-6-11(8-13(2,3)7-9)14-15-12(16)10-4-5-10/h9-10H,4-8H2,1-3H3,(H,15,16)/b14-11+/t9-/m0/s1. The van der Waals surface area contributed by atoms with E-state index in [2.05, 4.69) is 31.3 Å². The molecular formula is C13H22N2O. The molecule has 2 aliphatic carbocycles. The van der Waals surface area contributed by atoms with Gasteiger partial charge in [0.15, 0.2) is 0 Å². The van der Waals surface area contributed by atoms with Gasteiger partial charge in [-0.3, -0.25) is 4.79 Å². The predicted octanol–water partition coefficient (Wildman–Crippen LogP) is 2.71. The third kappa shape index (κ3) is 3.06. The molecule has 0 bridgehead atoms. The summed E-state index contributed by atoms with van der Waals surface area (Å²) in [5.41, 5.74) is 4.22. The van der Waals surface area contributed by atoms with Crippen molar-refractivity contribution >= 4 is 11.6 Å². The molecule has 2 saturated carbocycles. The Kier molecular flexibility index (Phi) is 3.04. The van der Waals surface area contributed by atoms with Crippen LogP contribution in [0, 0.1) is 17.3 Å². The number of amides is 1. The summed E-state index contributed by atoms with van der Waals surface area (Å²) in [5, 5.41) is 4.31. The average Bonchev–Trinajstić information content (AvgIpc) is 2.93. The lowest BCUT2D eigenvalue weighted by Gasteiger charge is -2.34. The highest BCUT2D eigenvalue weighted by Gasteiger charge is 2.31. The first kappa shape index (κ1) is 11.6. The largest absolute Gasteiger partial charge is 0.273 e. The van der Waals surface area contributed by atoms with Crippen LogP contribution < -0.4 is 5.43 Å². The fourth-order valence-corrected chi connectivity index (χ4v) is 2.77. The highest BCUT2D eigenvalue weighted by Crippen LogP contribution is 2.37. The Hall–Kier alpha value is -0.860. The zero-order valence-electron chi connectivity index (χ0n) is 10.5. The average molecular weight is 222 g/mol. The van der Waals surface area contributed by atoms with Crippen molar-refractivity contribution in [3.8, 4) is 0 Å². The molecule has 0 aromatic carbocycles. The molecule has 0 unspecified atom stereocenters. The van der Waals surface area contributed by atoms with Crippen molar-refractivity contribution in [2.45, 2.75) is 52.9 Å². The molecule has 0 aliphatic heterocycles. The minimum Gasteiger partial charge on any atom is -0.273 e. The third-order valence-corrected chi connectivity index (χ3v) is 3.44. The summed E-state index contributed by atoms with van der Waals surface area (Å²) < 4.78 is 0. The smallest absolute Gasteiger partial charge is 0.243 e. The predicted molar refractivity (Wildman–Crippen MR) is 65.1 cm³/mol. The summed E-state index contributed by atoms with van der Waals surface area (Å²) in [7, 11) is 0. The minimum absolute atomic E-state index is 0.114. The van der Waals surface area contributed by atoms with Gasteiger partial charge in [-0.05, 0) is 43.4 Å². The first-order valence-corrected chi connectivity index (χ1v) is 6.31. The van der Waals surface area contributed by atoms with Crippen LogP contribution in [0.5, 0.6) is 0 Å². The summed E-state index contributed by atoms with van der Waals surface area (Å²) in [5.74, 6) is 1.04. The second-order valence-electron chi connectivity index (χ2n) is 6.28. The molecular weight excluding hydrogens is 200 g/mol. The molecule has 0 saturated heterocycles. The highest BCUT2D eigenvalue weighted by atomic mass is 16.2. The molecule has 1 atom stereocenters. The normalized spacial score (nSPS) is 31.4. The van der Waals surface area contributed by atoms with Crippen LogP contribution >= 0.6 is 0 Å². The van der Waals surface area contributed by atoms with Gasteiger partial charge in [-0.2, -0.15) is 5.10 Å². The number of hydrazone groups is 1. The van der Waals surface area contributed by atoms with E-state index in [9.17, 15) is 4.79 Å². The molecule has 1 N–H and O–H groups in total. The molecule has 90 valence electrons. The van der Waals surface area contributed by atoms with Gasteiger partial charge < -0.3 is 0 Å². The number of nitrogens with zero attached hydrogens (tertiary/aromatic N) is 1. The fraction of sp³-hybridized carbons (Fsp3) is 0.846. The Labute approximate surface area is 97.7 Å². The summed E-state index contributed by atoms with van der Waals surface area (Å²) in [4.78, 5) is 11.5. The third-order valence-electron chi connectivity index (χ3n) is 3.44. The quantitative estimate of drug-likeness (QED) is 0.717. The van der Waals surface area contributed by atoms with E-state index in [1.807, 2.05) is 0 Å². The molecule has 0 aromatic heterocycles. The molecule has 1 amide bonds. The number of nitrogens with one attached hydrogen (secondary N) is 1. The fourth-order valence-electron chi connectivity index (χ4n) is 2.77. The van der Waals surface area contributed by atoms with Crippen LogP contribution in [-0.4, -0.2) is 11.6 Å². The van der Waals surface area contributed by atoms with E-state index < -0.39 is 0 Å². The highest BCUT2D eigenvalue weighted by molar-refractivity contribution is 5.88. The number of rotatable bonds is 2. The van der Waals surface area contributed by atoms with E-state index in [1.54, 1.807) is 0 Å². The van der Waals surface area contributed by atoms with E-state index in [0.717, 1.165) is 31.4 Å².